The van der Waals surface area contributed by atoms with Crippen LogP contribution in [0.3, 0.4) is 0 Å². The number of fused-ring (bicyclic) bond motifs is 1. The van der Waals surface area contributed by atoms with Gasteiger partial charge in [0.05, 0.1) is 25.0 Å². The van der Waals surface area contributed by atoms with Crippen LogP contribution in [0, 0.1) is 11.3 Å². The van der Waals surface area contributed by atoms with Gasteiger partial charge in [0, 0.05) is 51.4 Å². The predicted octanol–water partition coefficient (Wildman–Crippen LogP) is 2.23. The molecule has 1 aromatic carbocycles. The van der Waals surface area contributed by atoms with Gasteiger partial charge in [-0.1, -0.05) is 36.4 Å². The number of aromatic nitrogens is 1. The van der Waals surface area contributed by atoms with E-state index in [0.717, 1.165) is 30.8 Å². The predicted molar refractivity (Wildman–Crippen MR) is 126 cm³/mol. The first-order valence-electron chi connectivity index (χ1n) is 12.0. The van der Waals surface area contributed by atoms with E-state index in [0.29, 0.717) is 52.4 Å². The molecule has 3 saturated heterocycles. The first-order chi connectivity index (χ1) is 16.2. The summed E-state index contributed by atoms with van der Waals surface area (Å²) >= 11 is 0. The summed E-state index contributed by atoms with van der Waals surface area (Å²) in [6, 6.07) is 15.8. The van der Waals surface area contributed by atoms with E-state index in [9.17, 15) is 9.59 Å². The van der Waals surface area contributed by atoms with Gasteiger partial charge >= 0.3 is 0 Å². The molecule has 3 fully saturated rings. The lowest BCUT2D eigenvalue weighted by molar-refractivity contribution is -0.148. The Morgan fingerprint density at radius 3 is 2.52 bits per heavy atom. The topological polar surface area (TPSA) is 66.0 Å². The standard InChI is InChI=1S/C26H32N4O3/c31-24(17-21-7-2-1-3-8-21)29-12-6-10-26(25(32)28-13-15-33-16-14-28)20-30(19-22(26)18-29)23-9-4-5-11-27-23/h1-5,7-9,11,22H,6,10,12-20H2/t22-,26-/m1/s1. The first kappa shape index (κ1) is 21.9. The summed E-state index contributed by atoms with van der Waals surface area (Å²) in [5.41, 5.74) is 0.542. The molecule has 2 atom stereocenters. The molecule has 174 valence electrons. The van der Waals surface area contributed by atoms with Gasteiger partial charge in [-0.3, -0.25) is 9.59 Å². The average molecular weight is 449 g/mol. The summed E-state index contributed by atoms with van der Waals surface area (Å²) in [6.07, 6.45) is 3.84. The summed E-state index contributed by atoms with van der Waals surface area (Å²) in [7, 11) is 0. The van der Waals surface area contributed by atoms with Crippen molar-refractivity contribution in [3.8, 4) is 0 Å². The fourth-order valence-electron chi connectivity index (χ4n) is 5.69. The fraction of sp³-hybridized carbons (Fsp3) is 0.500. The highest BCUT2D eigenvalue weighted by molar-refractivity contribution is 5.85. The van der Waals surface area contributed by atoms with Gasteiger partial charge in [0.25, 0.3) is 0 Å². The van der Waals surface area contributed by atoms with Crippen molar-refractivity contribution in [3.05, 3.63) is 60.3 Å². The number of hydrogen-bond donors (Lipinski definition) is 0. The molecule has 0 bridgehead atoms. The molecule has 7 heteroatoms. The molecule has 1 aromatic heterocycles. The number of rotatable bonds is 4. The van der Waals surface area contributed by atoms with E-state index in [2.05, 4.69) is 9.88 Å². The Bertz CT molecular complexity index is 964. The molecule has 0 aliphatic carbocycles. The normalized spacial score (nSPS) is 25.5. The molecular weight excluding hydrogens is 416 g/mol. The van der Waals surface area contributed by atoms with Crippen molar-refractivity contribution in [2.75, 3.05) is 57.4 Å². The Morgan fingerprint density at radius 1 is 0.970 bits per heavy atom. The zero-order valence-electron chi connectivity index (χ0n) is 19.1. The lowest BCUT2D eigenvalue weighted by atomic mass is 9.73. The van der Waals surface area contributed by atoms with E-state index >= 15 is 0 Å². The molecule has 2 aromatic rings. The van der Waals surface area contributed by atoms with Crippen LogP contribution in [0.25, 0.3) is 0 Å². The Kier molecular flexibility index (Phi) is 6.31. The Morgan fingerprint density at radius 2 is 1.76 bits per heavy atom. The molecule has 0 radical (unpaired) electrons. The van der Waals surface area contributed by atoms with Gasteiger partial charge in [0.2, 0.25) is 11.8 Å². The third kappa shape index (κ3) is 4.47. The van der Waals surface area contributed by atoms with Crippen molar-refractivity contribution < 1.29 is 14.3 Å². The monoisotopic (exact) mass is 448 g/mol. The molecule has 0 spiro atoms. The van der Waals surface area contributed by atoms with Crippen LogP contribution in [0.15, 0.2) is 54.7 Å². The molecule has 0 N–H and O–H groups in total. The number of anilines is 1. The van der Waals surface area contributed by atoms with E-state index in [-0.39, 0.29) is 17.7 Å². The van der Waals surface area contributed by atoms with Crippen molar-refractivity contribution in [1.29, 1.82) is 0 Å². The molecule has 3 aliphatic heterocycles. The molecule has 5 rings (SSSR count). The number of hydrogen-bond acceptors (Lipinski definition) is 5. The minimum absolute atomic E-state index is 0.0806. The zero-order valence-corrected chi connectivity index (χ0v) is 19.1. The van der Waals surface area contributed by atoms with Gasteiger partial charge in [0.15, 0.2) is 0 Å². The minimum atomic E-state index is -0.489. The summed E-state index contributed by atoms with van der Waals surface area (Å²) in [5, 5.41) is 0. The maximum Gasteiger partial charge on any atom is 0.231 e. The number of carbonyl (C=O) groups is 2. The van der Waals surface area contributed by atoms with E-state index in [4.69, 9.17) is 4.74 Å². The van der Waals surface area contributed by atoms with Crippen LogP contribution in [0.1, 0.15) is 18.4 Å². The zero-order chi connectivity index (χ0) is 22.7. The summed E-state index contributed by atoms with van der Waals surface area (Å²) in [5.74, 6) is 1.36. The van der Waals surface area contributed by atoms with Crippen LogP contribution in [-0.2, 0) is 20.7 Å². The van der Waals surface area contributed by atoms with Crippen LogP contribution >= 0.6 is 0 Å². The average Bonchev–Trinajstić information content (AvgIpc) is 3.13. The maximum atomic E-state index is 14.0. The van der Waals surface area contributed by atoms with Crippen molar-refractivity contribution in [2.45, 2.75) is 19.3 Å². The van der Waals surface area contributed by atoms with Crippen LogP contribution in [-0.4, -0.2) is 79.1 Å². The molecule has 33 heavy (non-hydrogen) atoms. The smallest absolute Gasteiger partial charge is 0.231 e. The van der Waals surface area contributed by atoms with Gasteiger partial charge in [0.1, 0.15) is 5.82 Å². The fourth-order valence-corrected chi connectivity index (χ4v) is 5.69. The van der Waals surface area contributed by atoms with E-state index < -0.39 is 5.41 Å². The largest absolute Gasteiger partial charge is 0.378 e. The highest BCUT2D eigenvalue weighted by Crippen LogP contribution is 2.45. The van der Waals surface area contributed by atoms with Crippen LogP contribution in [0.2, 0.25) is 0 Å². The Balaban J connectivity index is 1.40. The van der Waals surface area contributed by atoms with Gasteiger partial charge in [-0.05, 0) is 30.5 Å². The molecule has 2 amide bonds. The SMILES string of the molecule is O=C(Cc1ccccc1)N1CCC[C@@]2(C(=O)N3CCOCC3)CN(c3ccccn3)C[C@H]2C1. The maximum absolute atomic E-state index is 14.0. The number of carbonyl (C=O) groups excluding carboxylic acids is 2. The molecule has 3 aliphatic rings. The number of ether oxygens (including phenoxy) is 1. The second-order valence-electron chi connectivity index (χ2n) is 9.43. The second kappa shape index (κ2) is 9.51. The second-order valence-corrected chi connectivity index (χ2v) is 9.43. The third-order valence-electron chi connectivity index (χ3n) is 7.44. The number of pyridine rings is 1. The van der Waals surface area contributed by atoms with Crippen molar-refractivity contribution in [2.24, 2.45) is 11.3 Å². The van der Waals surface area contributed by atoms with Crippen molar-refractivity contribution in [1.82, 2.24) is 14.8 Å². The van der Waals surface area contributed by atoms with Crippen molar-refractivity contribution >= 4 is 17.6 Å². The minimum Gasteiger partial charge on any atom is -0.378 e. The molecule has 7 nitrogen and oxygen atoms in total. The Labute approximate surface area is 195 Å². The number of nitrogens with zero attached hydrogens (tertiary/aromatic N) is 4. The van der Waals surface area contributed by atoms with E-state index in [1.165, 1.54) is 0 Å². The van der Waals surface area contributed by atoms with Gasteiger partial charge in [-0.25, -0.2) is 4.98 Å². The van der Waals surface area contributed by atoms with Gasteiger partial charge in [-0.15, -0.1) is 0 Å². The lowest BCUT2D eigenvalue weighted by Crippen LogP contribution is -2.53. The lowest BCUT2D eigenvalue weighted by Gasteiger charge is -2.38. The summed E-state index contributed by atoms with van der Waals surface area (Å²) in [4.78, 5) is 38.0. The van der Waals surface area contributed by atoms with E-state index in [1.54, 1.807) is 6.20 Å². The van der Waals surface area contributed by atoms with Crippen molar-refractivity contribution in [3.63, 3.8) is 0 Å². The number of amides is 2. The van der Waals surface area contributed by atoms with Gasteiger partial charge < -0.3 is 19.4 Å². The molecule has 0 unspecified atom stereocenters. The Hall–Kier alpha value is -2.93. The number of benzene rings is 1. The molecule has 0 saturated carbocycles. The molecular formula is C26H32N4O3. The third-order valence-corrected chi connectivity index (χ3v) is 7.44. The summed E-state index contributed by atoms with van der Waals surface area (Å²) < 4.78 is 5.50. The molecule has 4 heterocycles. The van der Waals surface area contributed by atoms with Crippen LogP contribution < -0.4 is 4.90 Å². The summed E-state index contributed by atoms with van der Waals surface area (Å²) in [6.45, 7) is 5.21. The highest BCUT2D eigenvalue weighted by atomic mass is 16.5. The van der Waals surface area contributed by atoms with Gasteiger partial charge in [-0.2, -0.15) is 0 Å². The first-order valence-corrected chi connectivity index (χ1v) is 12.0. The van der Waals surface area contributed by atoms with Crippen LogP contribution in [0.5, 0.6) is 0 Å². The number of likely N-dealkylation sites (tertiary alicyclic amines) is 1. The van der Waals surface area contributed by atoms with Crippen LogP contribution in [0.4, 0.5) is 5.82 Å². The quantitative estimate of drug-likeness (QED) is 0.718. The van der Waals surface area contributed by atoms with E-state index in [1.807, 2.05) is 58.3 Å². The highest BCUT2D eigenvalue weighted by Gasteiger charge is 2.55. The number of morpholine rings is 1.